The number of carbonyl (C=O) groups excluding carboxylic acids is 2. The Labute approximate surface area is 120 Å². The number of rotatable bonds is 2. The first kappa shape index (κ1) is 15.3. The lowest BCUT2D eigenvalue weighted by atomic mass is 9.98. The van der Waals surface area contributed by atoms with Crippen molar-refractivity contribution in [2.75, 3.05) is 53.5 Å². The van der Waals surface area contributed by atoms with Crippen molar-refractivity contribution >= 4 is 11.8 Å². The number of ether oxygens (including phenoxy) is 1. The highest BCUT2D eigenvalue weighted by atomic mass is 16.5. The summed E-state index contributed by atoms with van der Waals surface area (Å²) in [4.78, 5) is 28.5. The van der Waals surface area contributed by atoms with E-state index in [1.165, 1.54) is 0 Å². The van der Waals surface area contributed by atoms with Gasteiger partial charge in [-0.2, -0.15) is 0 Å². The molecule has 20 heavy (non-hydrogen) atoms. The van der Waals surface area contributed by atoms with Crippen LogP contribution in [0.2, 0.25) is 0 Å². The maximum Gasteiger partial charge on any atom is 0.225 e. The number of hydrogen-bond acceptors (Lipinski definition) is 4. The molecule has 0 spiro atoms. The minimum Gasteiger partial charge on any atom is -0.381 e. The van der Waals surface area contributed by atoms with Gasteiger partial charge >= 0.3 is 0 Å². The molecule has 2 rings (SSSR count). The number of amides is 2. The first-order valence-corrected chi connectivity index (χ1v) is 7.38. The number of hydrogen-bond donors (Lipinski definition) is 1. The predicted octanol–water partition coefficient (Wildman–Crippen LogP) is -0.451. The maximum atomic E-state index is 12.6. The summed E-state index contributed by atoms with van der Waals surface area (Å²) in [5, 5.41) is 2.70. The third-order valence-corrected chi connectivity index (χ3v) is 4.22. The molecule has 2 aliphatic heterocycles. The van der Waals surface area contributed by atoms with Gasteiger partial charge in [-0.3, -0.25) is 9.59 Å². The van der Waals surface area contributed by atoms with Crippen LogP contribution in [0.25, 0.3) is 0 Å². The van der Waals surface area contributed by atoms with Crippen molar-refractivity contribution in [1.29, 1.82) is 0 Å². The van der Waals surface area contributed by atoms with E-state index in [2.05, 4.69) is 10.2 Å². The Morgan fingerprint density at radius 3 is 2.45 bits per heavy atom. The molecule has 2 saturated heterocycles. The van der Waals surface area contributed by atoms with E-state index < -0.39 is 0 Å². The quantitative estimate of drug-likeness (QED) is 0.745. The lowest BCUT2D eigenvalue weighted by Crippen LogP contribution is -2.44. The summed E-state index contributed by atoms with van der Waals surface area (Å²) < 4.78 is 5.31. The lowest BCUT2D eigenvalue weighted by molar-refractivity contribution is -0.139. The number of carbonyl (C=O) groups is 2. The smallest absolute Gasteiger partial charge is 0.225 e. The molecule has 0 aromatic heterocycles. The van der Waals surface area contributed by atoms with Gasteiger partial charge in [0.25, 0.3) is 0 Å². The molecule has 0 aromatic rings. The summed E-state index contributed by atoms with van der Waals surface area (Å²) in [5.41, 5.74) is 0. The monoisotopic (exact) mass is 283 g/mol. The van der Waals surface area contributed by atoms with Crippen LogP contribution in [0.4, 0.5) is 0 Å². The van der Waals surface area contributed by atoms with Gasteiger partial charge < -0.3 is 19.9 Å². The van der Waals surface area contributed by atoms with Crippen LogP contribution in [0, 0.1) is 11.8 Å². The zero-order valence-electron chi connectivity index (χ0n) is 12.4. The van der Waals surface area contributed by atoms with E-state index in [4.69, 9.17) is 4.74 Å². The Morgan fingerprint density at radius 2 is 1.80 bits per heavy atom. The molecule has 6 heteroatoms. The van der Waals surface area contributed by atoms with E-state index in [-0.39, 0.29) is 23.7 Å². The highest BCUT2D eigenvalue weighted by Crippen LogP contribution is 2.19. The Hall–Kier alpha value is -1.14. The molecule has 2 aliphatic rings. The largest absolute Gasteiger partial charge is 0.381 e. The average molecular weight is 283 g/mol. The molecule has 0 aromatic carbocycles. The highest BCUT2D eigenvalue weighted by molar-refractivity contribution is 5.82. The van der Waals surface area contributed by atoms with Crippen molar-refractivity contribution in [2.45, 2.75) is 12.8 Å². The van der Waals surface area contributed by atoms with Gasteiger partial charge in [0, 0.05) is 52.4 Å². The second-order valence-corrected chi connectivity index (χ2v) is 5.74. The minimum absolute atomic E-state index is 0.0172. The SMILES string of the molecule is CNC(=O)C1CN(C)CCN(C(=O)C2CCOCC2)C1. The minimum atomic E-state index is -0.142. The fourth-order valence-electron chi connectivity index (χ4n) is 2.95. The van der Waals surface area contributed by atoms with E-state index in [0.29, 0.717) is 32.8 Å². The van der Waals surface area contributed by atoms with Gasteiger partial charge in [-0.05, 0) is 19.9 Å². The normalized spacial score (nSPS) is 26.1. The van der Waals surface area contributed by atoms with Crippen molar-refractivity contribution < 1.29 is 14.3 Å². The predicted molar refractivity (Wildman–Crippen MR) is 75.2 cm³/mol. The second-order valence-electron chi connectivity index (χ2n) is 5.74. The molecular formula is C14H25N3O3. The van der Waals surface area contributed by atoms with Gasteiger partial charge in [-0.1, -0.05) is 0 Å². The van der Waals surface area contributed by atoms with Gasteiger partial charge in [0.2, 0.25) is 11.8 Å². The van der Waals surface area contributed by atoms with Gasteiger partial charge in [-0.15, -0.1) is 0 Å². The standard InChI is InChI=1S/C14H25N3O3/c1-15-13(18)12-9-16(2)5-6-17(10-12)14(19)11-3-7-20-8-4-11/h11-12H,3-10H2,1-2H3,(H,15,18). The number of nitrogens with one attached hydrogen (secondary N) is 1. The summed E-state index contributed by atoms with van der Waals surface area (Å²) in [6, 6.07) is 0. The maximum absolute atomic E-state index is 12.6. The first-order valence-electron chi connectivity index (χ1n) is 7.38. The Balaban J connectivity index is 2.01. The Kier molecular flexibility index (Phi) is 5.37. The summed E-state index contributed by atoms with van der Waals surface area (Å²) >= 11 is 0. The molecule has 2 fully saturated rings. The van der Waals surface area contributed by atoms with Crippen LogP contribution in [-0.4, -0.2) is 75.1 Å². The van der Waals surface area contributed by atoms with E-state index in [0.717, 1.165) is 19.4 Å². The fourth-order valence-corrected chi connectivity index (χ4v) is 2.95. The van der Waals surface area contributed by atoms with E-state index >= 15 is 0 Å². The summed E-state index contributed by atoms with van der Waals surface area (Å²) in [5.74, 6) is 0.134. The summed E-state index contributed by atoms with van der Waals surface area (Å²) in [7, 11) is 3.65. The van der Waals surface area contributed by atoms with Crippen molar-refractivity contribution in [3.63, 3.8) is 0 Å². The first-order chi connectivity index (χ1) is 9.61. The topological polar surface area (TPSA) is 61.9 Å². The molecule has 0 radical (unpaired) electrons. The molecular weight excluding hydrogens is 258 g/mol. The highest BCUT2D eigenvalue weighted by Gasteiger charge is 2.32. The molecule has 1 N–H and O–H groups in total. The van der Waals surface area contributed by atoms with Gasteiger partial charge in [0.05, 0.1) is 5.92 Å². The average Bonchev–Trinajstić information content (AvgIpc) is 2.68. The molecule has 0 saturated carbocycles. The number of likely N-dealkylation sites (N-methyl/N-ethyl adjacent to an activating group) is 1. The van der Waals surface area contributed by atoms with Gasteiger partial charge in [0.1, 0.15) is 0 Å². The second kappa shape index (κ2) is 7.04. The zero-order valence-corrected chi connectivity index (χ0v) is 12.4. The van der Waals surface area contributed by atoms with Crippen molar-refractivity contribution in [3.05, 3.63) is 0 Å². The molecule has 2 heterocycles. The molecule has 0 aliphatic carbocycles. The van der Waals surface area contributed by atoms with E-state index in [1.54, 1.807) is 7.05 Å². The van der Waals surface area contributed by atoms with E-state index in [1.807, 2.05) is 11.9 Å². The van der Waals surface area contributed by atoms with Crippen molar-refractivity contribution in [3.8, 4) is 0 Å². The molecule has 1 atom stereocenters. The summed E-state index contributed by atoms with van der Waals surface area (Å²) in [6.45, 7) is 4.10. The molecule has 6 nitrogen and oxygen atoms in total. The Bertz CT molecular complexity index is 356. The third kappa shape index (κ3) is 3.70. The van der Waals surface area contributed by atoms with Crippen LogP contribution in [0.5, 0.6) is 0 Å². The lowest BCUT2D eigenvalue weighted by Gasteiger charge is -2.29. The van der Waals surface area contributed by atoms with Crippen LogP contribution >= 0.6 is 0 Å². The van der Waals surface area contributed by atoms with Crippen molar-refractivity contribution in [2.24, 2.45) is 11.8 Å². The Morgan fingerprint density at radius 1 is 1.10 bits per heavy atom. The van der Waals surface area contributed by atoms with Gasteiger partial charge in [-0.25, -0.2) is 0 Å². The molecule has 2 amide bonds. The molecule has 0 bridgehead atoms. The zero-order chi connectivity index (χ0) is 14.5. The van der Waals surface area contributed by atoms with Crippen LogP contribution in [-0.2, 0) is 14.3 Å². The van der Waals surface area contributed by atoms with Gasteiger partial charge in [0.15, 0.2) is 0 Å². The molecule has 1 unspecified atom stereocenters. The van der Waals surface area contributed by atoms with Crippen LogP contribution in [0.3, 0.4) is 0 Å². The van der Waals surface area contributed by atoms with Crippen molar-refractivity contribution in [1.82, 2.24) is 15.1 Å². The molecule has 114 valence electrons. The third-order valence-electron chi connectivity index (χ3n) is 4.22. The summed E-state index contributed by atoms with van der Waals surface area (Å²) in [6.07, 6.45) is 1.60. The van der Waals surface area contributed by atoms with Crippen LogP contribution in [0.15, 0.2) is 0 Å². The van der Waals surface area contributed by atoms with Crippen LogP contribution < -0.4 is 5.32 Å². The van der Waals surface area contributed by atoms with E-state index in [9.17, 15) is 9.59 Å². The fraction of sp³-hybridized carbons (Fsp3) is 0.857. The number of nitrogens with zero attached hydrogens (tertiary/aromatic N) is 2. The van der Waals surface area contributed by atoms with Crippen LogP contribution in [0.1, 0.15) is 12.8 Å².